The molecule has 0 saturated carbocycles. The van der Waals surface area contributed by atoms with Crippen LogP contribution in [-0.2, 0) is 9.47 Å². The van der Waals surface area contributed by atoms with Crippen molar-refractivity contribution in [2.45, 2.75) is 50.5 Å². The lowest BCUT2D eigenvalue weighted by atomic mass is 10.1. The minimum Gasteiger partial charge on any atom is -0.394 e. The van der Waals surface area contributed by atoms with Crippen LogP contribution < -0.4 is 0 Å². The third-order valence-electron chi connectivity index (χ3n) is 2.60. The fourth-order valence-corrected chi connectivity index (χ4v) is 1.58. The lowest BCUT2D eigenvalue weighted by Crippen LogP contribution is -2.40. The molecule has 6 heteroatoms. The summed E-state index contributed by atoms with van der Waals surface area (Å²) < 4.78 is 10.4. The van der Waals surface area contributed by atoms with E-state index in [-0.39, 0.29) is 0 Å². The third kappa shape index (κ3) is 3.13. The normalized spacial score (nSPS) is 36.6. The van der Waals surface area contributed by atoms with Crippen LogP contribution in [-0.4, -0.2) is 64.3 Å². The second kappa shape index (κ2) is 6.48. The van der Waals surface area contributed by atoms with Gasteiger partial charge in [0.05, 0.1) is 6.61 Å². The van der Waals surface area contributed by atoms with Crippen molar-refractivity contribution < 1.29 is 29.9 Å². The molecular formula is C10H20O6. The van der Waals surface area contributed by atoms with E-state index in [2.05, 4.69) is 0 Å². The van der Waals surface area contributed by atoms with Crippen molar-refractivity contribution in [2.24, 2.45) is 0 Å². The summed E-state index contributed by atoms with van der Waals surface area (Å²) in [7, 11) is 0. The summed E-state index contributed by atoms with van der Waals surface area (Å²) in [6, 6.07) is 0. The van der Waals surface area contributed by atoms with Gasteiger partial charge >= 0.3 is 0 Å². The van der Waals surface area contributed by atoms with Crippen molar-refractivity contribution in [3.05, 3.63) is 0 Å². The van der Waals surface area contributed by atoms with E-state index >= 15 is 0 Å². The molecule has 1 aliphatic heterocycles. The predicted octanol–water partition coefficient (Wildman–Crippen LogP) is -1.40. The van der Waals surface area contributed by atoms with E-state index in [0.717, 1.165) is 12.8 Å². The molecule has 0 spiro atoms. The molecule has 1 aliphatic rings. The van der Waals surface area contributed by atoms with Crippen molar-refractivity contribution in [3.63, 3.8) is 0 Å². The minimum absolute atomic E-state index is 0.423. The van der Waals surface area contributed by atoms with Gasteiger partial charge in [0.2, 0.25) is 0 Å². The summed E-state index contributed by atoms with van der Waals surface area (Å²) in [5.74, 6) is 0. The van der Waals surface area contributed by atoms with Gasteiger partial charge in [0.15, 0.2) is 6.29 Å². The molecule has 0 amide bonds. The molecule has 16 heavy (non-hydrogen) atoms. The number of unbranched alkanes of at least 4 members (excludes halogenated alkanes) is 1. The van der Waals surface area contributed by atoms with Crippen molar-refractivity contribution >= 4 is 0 Å². The smallest absolute Gasteiger partial charge is 0.186 e. The van der Waals surface area contributed by atoms with E-state index in [0.29, 0.717) is 6.61 Å². The summed E-state index contributed by atoms with van der Waals surface area (Å²) in [5, 5.41) is 37.2. The van der Waals surface area contributed by atoms with Crippen molar-refractivity contribution in [2.75, 3.05) is 13.2 Å². The molecule has 0 aromatic rings. The fraction of sp³-hybridized carbons (Fsp3) is 1.00. The van der Waals surface area contributed by atoms with E-state index in [1.54, 1.807) is 0 Å². The highest BCUT2D eigenvalue weighted by molar-refractivity contribution is 4.90. The second-order valence-electron chi connectivity index (χ2n) is 3.92. The first-order valence-electron chi connectivity index (χ1n) is 5.54. The van der Waals surface area contributed by atoms with Gasteiger partial charge in [-0.05, 0) is 6.42 Å². The molecular weight excluding hydrogens is 216 g/mol. The number of hydrogen-bond donors (Lipinski definition) is 4. The number of ether oxygens (including phenoxy) is 2. The molecule has 5 atom stereocenters. The largest absolute Gasteiger partial charge is 0.394 e. The number of aliphatic hydroxyl groups is 4. The second-order valence-corrected chi connectivity index (χ2v) is 3.92. The Hall–Kier alpha value is -0.240. The molecule has 2 unspecified atom stereocenters. The molecule has 1 heterocycles. The molecule has 96 valence electrons. The van der Waals surface area contributed by atoms with E-state index in [4.69, 9.17) is 14.6 Å². The molecule has 1 fully saturated rings. The minimum atomic E-state index is -1.24. The zero-order valence-electron chi connectivity index (χ0n) is 9.32. The van der Waals surface area contributed by atoms with E-state index in [1.807, 2.05) is 6.92 Å². The quantitative estimate of drug-likeness (QED) is 0.423. The molecule has 0 bridgehead atoms. The van der Waals surface area contributed by atoms with Crippen LogP contribution in [0.25, 0.3) is 0 Å². The fourth-order valence-electron chi connectivity index (χ4n) is 1.58. The summed E-state index contributed by atoms with van der Waals surface area (Å²) in [6.07, 6.45) is -3.81. The maximum atomic E-state index is 9.58. The first-order chi connectivity index (χ1) is 7.61. The van der Waals surface area contributed by atoms with Crippen LogP contribution in [0.5, 0.6) is 0 Å². The Balaban J connectivity index is 2.44. The summed E-state index contributed by atoms with van der Waals surface area (Å²) in [6.45, 7) is 1.89. The van der Waals surface area contributed by atoms with Crippen molar-refractivity contribution in [1.29, 1.82) is 0 Å². The SMILES string of the molecule is CCCCO[C@@H]1O[C@H]([C@H](O)CO)C(O)C1O. The number of hydrogen-bond acceptors (Lipinski definition) is 6. The van der Waals surface area contributed by atoms with E-state index in [1.165, 1.54) is 0 Å². The standard InChI is InChI=1S/C10H20O6/c1-2-3-4-15-10-8(14)7(13)9(16-10)6(12)5-11/h6-14H,2-5H2,1H3/t6-,7?,8?,9-,10-/m1/s1. The predicted molar refractivity (Wildman–Crippen MR) is 54.6 cm³/mol. The van der Waals surface area contributed by atoms with E-state index < -0.39 is 37.3 Å². The van der Waals surface area contributed by atoms with Crippen LogP contribution in [0, 0.1) is 0 Å². The van der Waals surface area contributed by atoms with Crippen LogP contribution in [0.4, 0.5) is 0 Å². The molecule has 0 radical (unpaired) electrons. The molecule has 1 saturated heterocycles. The molecule has 4 N–H and O–H groups in total. The first-order valence-corrected chi connectivity index (χ1v) is 5.54. The lowest BCUT2D eigenvalue weighted by Gasteiger charge is -2.18. The van der Waals surface area contributed by atoms with Crippen LogP contribution in [0.1, 0.15) is 19.8 Å². The highest BCUT2D eigenvalue weighted by Crippen LogP contribution is 2.24. The lowest BCUT2D eigenvalue weighted by molar-refractivity contribution is -0.180. The maximum absolute atomic E-state index is 9.58. The van der Waals surface area contributed by atoms with Crippen LogP contribution in [0.2, 0.25) is 0 Å². The third-order valence-corrected chi connectivity index (χ3v) is 2.60. The van der Waals surface area contributed by atoms with Gasteiger partial charge < -0.3 is 29.9 Å². The van der Waals surface area contributed by atoms with Gasteiger partial charge in [0.25, 0.3) is 0 Å². The molecule has 0 aliphatic carbocycles. The maximum Gasteiger partial charge on any atom is 0.186 e. The van der Waals surface area contributed by atoms with Gasteiger partial charge in [-0.15, -0.1) is 0 Å². The first kappa shape index (κ1) is 13.8. The zero-order valence-corrected chi connectivity index (χ0v) is 9.32. The van der Waals surface area contributed by atoms with Crippen molar-refractivity contribution in [3.8, 4) is 0 Å². The van der Waals surface area contributed by atoms with Gasteiger partial charge in [0.1, 0.15) is 24.4 Å². The van der Waals surface area contributed by atoms with Gasteiger partial charge in [-0.2, -0.15) is 0 Å². The van der Waals surface area contributed by atoms with E-state index in [9.17, 15) is 15.3 Å². The Labute approximate surface area is 94.4 Å². The van der Waals surface area contributed by atoms with Crippen LogP contribution in [0.3, 0.4) is 0 Å². The highest BCUT2D eigenvalue weighted by Gasteiger charge is 2.46. The Morgan fingerprint density at radius 1 is 1.31 bits per heavy atom. The molecule has 6 nitrogen and oxygen atoms in total. The Morgan fingerprint density at radius 2 is 2.00 bits per heavy atom. The topological polar surface area (TPSA) is 99.4 Å². The zero-order chi connectivity index (χ0) is 12.1. The number of rotatable bonds is 6. The summed E-state index contributed by atoms with van der Waals surface area (Å²) in [5.41, 5.74) is 0. The number of aliphatic hydroxyl groups excluding tert-OH is 4. The Morgan fingerprint density at radius 3 is 2.56 bits per heavy atom. The van der Waals surface area contributed by atoms with Crippen LogP contribution in [0.15, 0.2) is 0 Å². The molecule has 1 rings (SSSR count). The van der Waals surface area contributed by atoms with Crippen molar-refractivity contribution in [1.82, 2.24) is 0 Å². The summed E-state index contributed by atoms with van der Waals surface area (Å²) >= 11 is 0. The average Bonchev–Trinajstić information content (AvgIpc) is 2.57. The van der Waals surface area contributed by atoms with Gasteiger partial charge in [-0.1, -0.05) is 13.3 Å². The van der Waals surface area contributed by atoms with Gasteiger partial charge in [-0.3, -0.25) is 0 Å². The Bertz CT molecular complexity index is 200. The van der Waals surface area contributed by atoms with Gasteiger partial charge in [0, 0.05) is 6.61 Å². The van der Waals surface area contributed by atoms with Crippen LogP contribution >= 0.6 is 0 Å². The molecule has 0 aromatic heterocycles. The molecule has 0 aromatic carbocycles. The Kier molecular flexibility index (Phi) is 5.60. The monoisotopic (exact) mass is 236 g/mol. The average molecular weight is 236 g/mol. The highest BCUT2D eigenvalue weighted by atomic mass is 16.7. The summed E-state index contributed by atoms with van der Waals surface area (Å²) in [4.78, 5) is 0. The van der Waals surface area contributed by atoms with Gasteiger partial charge in [-0.25, -0.2) is 0 Å².